The van der Waals surface area contributed by atoms with E-state index >= 15 is 0 Å². The third kappa shape index (κ3) is 4.81. The average molecular weight is 408 g/mol. The summed E-state index contributed by atoms with van der Waals surface area (Å²) in [7, 11) is 4.57. The van der Waals surface area contributed by atoms with Gasteiger partial charge in [-0.1, -0.05) is 18.2 Å². The number of pyridine rings is 1. The Balaban J connectivity index is 1.85. The predicted molar refractivity (Wildman–Crippen MR) is 115 cm³/mol. The van der Waals surface area contributed by atoms with Crippen LogP contribution in [0, 0.1) is 0 Å². The Hall–Kier alpha value is -3.74. The van der Waals surface area contributed by atoms with Crippen molar-refractivity contribution < 1.29 is 24.1 Å². The number of hydrogen-bond acceptors (Lipinski definition) is 6. The van der Waals surface area contributed by atoms with E-state index in [1.807, 2.05) is 42.5 Å². The van der Waals surface area contributed by atoms with Crippen LogP contribution in [-0.2, 0) is 11.2 Å². The number of carboxylic acids is 1. The molecule has 156 valence electrons. The second-order valence-corrected chi connectivity index (χ2v) is 6.57. The lowest BCUT2D eigenvalue weighted by Crippen LogP contribution is -2.31. The number of benzene rings is 2. The van der Waals surface area contributed by atoms with Crippen LogP contribution in [0.1, 0.15) is 5.56 Å². The Labute approximate surface area is 175 Å². The number of rotatable bonds is 9. The van der Waals surface area contributed by atoms with Gasteiger partial charge in [-0.2, -0.15) is 0 Å². The molecule has 0 aliphatic heterocycles. The van der Waals surface area contributed by atoms with Gasteiger partial charge >= 0.3 is 5.97 Å². The lowest BCUT2D eigenvalue weighted by Gasteiger charge is -2.19. The molecule has 0 spiro atoms. The summed E-state index contributed by atoms with van der Waals surface area (Å²) in [6.45, 7) is 0. The third-order valence-corrected chi connectivity index (χ3v) is 4.63. The van der Waals surface area contributed by atoms with Crippen molar-refractivity contribution in [2.75, 3.05) is 26.6 Å². The van der Waals surface area contributed by atoms with Crippen molar-refractivity contribution in [3.8, 4) is 28.5 Å². The Morgan fingerprint density at radius 1 is 1.00 bits per heavy atom. The molecule has 2 N–H and O–H groups in total. The molecule has 7 nitrogen and oxygen atoms in total. The summed E-state index contributed by atoms with van der Waals surface area (Å²) >= 11 is 0. The number of nitrogens with zero attached hydrogens (tertiary/aromatic N) is 1. The minimum atomic E-state index is -0.966. The Morgan fingerprint density at radius 2 is 1.73 bits per heavy atom. The molecule has 3 aromatic rings. The van der Waals surface area contributed by atoms with E-state index in [9.17, 15) is 9.90 Å². The number of carboxylic acid groups (broad SMARTS) is 1. The van der Waals surface area contributed by atoms with Gasteiger partial charge in [-0.25, -0.2) is 4.79 Å². The Kier molecular flexibility index (Phi) is 6.75. The fourth-order valence-corrected chi connectivity index (χ4v) is 3.19. The number of ether oxygens (including phenoxy) is 3. The van der Waals surface area contributed by atoms with Crippen molar-refractivity contribution in [2.24, 2.45) is 0 Å². The maximum atomic E-state index is 11.9. The van der Waals surface area contributed by atoms with Crippen molar-refractivity contribution in [1.29, 1.82) is 0 Å². The first-order valence-electron chi connectivity index (χ1n) is 9.35. The normalized spacial score (nSPS) is 11.4. The zero-order valence-electron chi connectivity index (χ0n) is 17.1. The molecule has 0 fully saturated rings. The van der Waals surface area contributed by atoms with Crippen molar-refractivity contribution in [1.82, 2.24) is 4.98 Å². The highest BCUT2D eigenvalue weighted by Gasteiger charge is 2.21. The average Bonchev–Trinajstić information content (AvgIpc) is 2.78. The lowest BCUT2D eigenvalue weighted by atomic mass is 10.0. The first-order chi connectivity index (χ1) is 14.5. The van der Waals surface area contributed by atoms with Crippen LogP contribution in [-0.4, -0.2) is 43.4 Å². The molecule has 0 aliphatic rings. The van der Waals surface area contributed by atoms with E-state index in [0.29, 0.717) is 22.9 Å². The first kappa shape index (κ1) is 21.0. The quantitative estimate of drug-likeness (QED) is 0.555. The van der Waals surface area contributed by atoms with E-state index < -0.39 is 12.0 Å². The fourth-order valence-electron chi connectivity index (χ4n) is 3.19. The summed E-state index contributed by atoms with van der Waals surface area (Å²) in [4.78, 5) is 16.3. The molecule has 0 amide bonds. The van der Waals surface area contributed by atoms with Gasteiger partial charge in [0.05, 0.1) is 27.0 Å². The van der Waals surface area contributed by atoms with Gasteiger partial charge in [0.1, 0.15) is 6.04 Å². The van der Waals surface area contributed by atoms with Gasteiger partial charge in [-0.3, -0.25) is 4.98 Å². The maximum absolute atomic E-state index is 11.9. The summed E-state index contributed by atoms with van der Waals surface area (Å²) in [5.41, 5.74) is 3.15. The molecule has 1 unspecified atom stereocenters. The maximum Gasteiger partial charge on any atom is 0.326 e. The van der Waals surface area contributed by atoms with Crippen molar-refractivity contribution in [2.45, 2.75) is 12.5 Å². The van der Waals surface area contributed by atoms with Crippen LogP contribution in [0.5, 0.6) is 17.2 Å². The summed E-state index contributed by atoms with van der Waals surface area (Å²) in [5, 5.41) is 12.9. The number of hydrogen-bond donors (Lipinski definition) is 2. The van der Waals surface area contributed by atoms with Gasteiger partial charge in [-0.05, 0) is 42.0 Å². The highest BCUT2D eigenvalue weighted by Crippen LogP contribution is 2.38. The lowest BCUT2D eigenvalue weighted by molar-refractivity contribution is -0.137. The van der Waals surface area contributed by atoms with Crippen LogP contribution >= 0.6 is 0 Å². The van der Waals surface area contributed by atoms with E-state index in [1.165, 1.54) is 21.3 Å². The zero-order valence-corrected chi connectivity index (χ0v) is 17.1. The molecular formula is C23H24N2O5. The molecule has 7 heteroatoms. The van der Waals surface area contributed by atoms with E-state index in [0.717, 1.165) is 16.8 Å². The molecular weight excluding hydrogens is 384 g/mol. The van der Waals surface area contributed by atoms with Gasteiger partial charge < -0.3 is 24.6 Å². The Morgan fingerprint density at radius 3 is 2.30 bits per heavy atom. The number of nitrogens with one attached hydrogen (secondary N) is 1. The molecule has 1 heterocycles. The number of aliphatic carboxylic acids is 1. The monoisotopic (exact) mass is 408 g/mol. The molecule has 0 bridgehead atoms. The Bertz CT molecular complexity index is 982. The fraction of sp³-hybridized carbons (Fsp3) is 0.217. The van der Waals surface area contributed by atoms with Crippen LogP contribution in [0.3, 0.4) is 0 Å². The number of aromatic nitrogens is 1. The molecule has 0 saturated heterocycles. The first-order valence-corrected chi connectivity index (χ1v) is 9.35. The highest BCUT2D eigenvalue weighted by molar-refractivity contribution is 5.78. The zero-order chi connectivity index (χ0) is 21.5. The van der Waals surface area contributed by atoms with E-state index in [2.05, 4.69) is 10.3 Å². The largest absolute Gasteiger partial charge is 0.493 e. The van der Waals surface area contributed by atoms with E-state index in [1.54, 1.807) is 18.3 Å². The van der Waals surface area contributed by atoms with Crippen LogP contribution in [0.15, 0.2) is 60.8 Å². The van der Waals surface area contributed by atoms with Crippen LogP contribution in [0.25, 0.3) is 11.3 Å². The van der Waals surface area contributed by atoms with Crippen LogP contribution < -0.4 is 19.5 Å². The van der Waals surface area contributed by atoms with Gasteiger partial charge in [0.25, 0.3) is 0 Å². The van der Waals surface area contributed by atoms with Gasteiger partial charge in [0, 0.05) is 23.9 Å². The SMILES string of the molecule is COc1cc(CC(Nc2cccc(-c3ccccn3)c2)C(=O)O)cc(OC)c1OC. The second kappa shape index (κ2) is 9.65. The molecule has 0 saturated carbocycles. The molecule has 0 radical (unpaired) electrons. The van der Waals surface area contributed by atoms with Crippen molar-refractivity contribution in [3.63, 3.8) is 0 Å². The minimum Gasteiger partial charge on any atom is -0.493 e. The highest BCUT2D eigenvalue weighted by atomic mass is 16.5. The van der Waals surface area contributed by atoms with E-state index in [4.69, 9.17) is 14.2 Å². The second-order valence-electron chi connectivity index (χ2n) is 6.57. The smallest absolute Gasteiger partial charge is 0.326 e. The molecule has 3 rings (SSSR count). The number of carbonyl (C=O) groups is 1. The van der Waals surface area contributed by atoms with E-state index in [-0.39, 0.29) is 6.42 Å². The molecule has 0 aliphatic carbocycles. The number of methoxy groups -OCH3 is 3. The summed E-state index contributed by atoms with van der Waals surface area (Å²) in [6.07, 6.45) is 1.94. The summed E-state index contributed by atoms with van der Waals surface area (Å²) in [5.74, 6) is 0.458. The standard InChI is InChI=1S/C23H24N2O5/c1-28-20-12-15(13-21(29-2)22(20)30-3)11-19(23(26)27)25-17-8-6-7-16(14-17)18-9-4-5-10-24-18/h4-10,12-14,19,25H,11H2,1-3H3,(H,26,27). The van der Waals surface area contributed by atoms with Gasteiger partial charge in [0.15, 0.2) is 11.5 Å². The third-order valence-electron chi connectivity index (χ3n) is 4.63. The summed E-state index contributed by atoms with van der Waals surface area (Å²) in [6, 6.07) is 15.8. The molecule has 1 atom stereocenters. The van der Waals surface area contributed by atoms with Gasteiger partial charge in [-0.15, -0.1) is 0 Å². The van der Waals surface area contributed by atoms with Crippen LogP contribution in [0.2, 0.25) is 0 Å². The van der Waals surface area contributed by atoms with Crippen molar-refractivity contribution in [3.05, 3.63) is 66.4 Å². The van der Waals surface area contributed by atoms with Crippen molar-refractivity contribution >= 4 is 11.7 Å². The molecule has 2 aromatic carbocycles. The predicted octanol–water partition coefficient (Wildman–Crippen LogP) is 3.88. The minimum absolute atomic E-state index is 0.222. The summed E-state index contributed by atoms with van der Waals surface area (Å²) < 4.78 is 16.1. The molecule has 30 heavy (non-hydrogen) atoms. The molecule has 1 aromatic heterocycles. The topological polar surface area (TPSA) is 89.9 Å². The number of anilines is 1. The van der Waals surface area contributed by atoms with Gasteiger partial charge in [0.2, 0.25) is 5.75 Å². The van der Waals surface area contributed by atoms with Crippen LogP contribution in [0.4, 0.5) is 5.69 Å².